The maximum Gasteiger partial charge on any atom is 0.418 e. The van der Waals surface area contributed by atoms with Crippen molar-refractivity contribution in [1.82, 2.24) is 9.13 Å². The van der Waals surface area contributed by atoms with E-state index in [1.807, 2.05) is 100 Å². The van der Waals surface area contributed by atoms with Crippen LogP contribution >= 0.6 is 0 Å². The lowest BCUT2D eigenvalue weighted by Crippen LogP contribution is -2.13. The predicted octanol–water partition coefficient (Wildman–Crippen LogP) is 12.1. The first-order chi connectivity index (χ1) is 22.9. The monoisotopic (exact) mass is 644 g/mol. The first-order valence-electron chi connectivity index (χ1n) is 15.6. The van der Waals surface area contributed by atoms with Crippen LogP contribution in [0.3, 0.4) is 0 Å². The van der Waals surface area contributed by atoms with E-state index in [1.54, 1.807) is 9.13 Å². The van der Waals surface area contributed by atoms with Crippen LogP contribution in [-0.4, -0.2) is 9.13 Å². The van der Waals surface area contributed by atoms with Gasteiger partial charge in [0.1, 0.15) is 11.6 Å². The molecule has 8 rings (SSSR count). The Labute approximate surface area is 273 Å². The van der Waals surface area contributed by atoms with Crippen LogP contribution in [0.2, 0.25) is 0 Å². The summed E-state index contributed by atoms with van der Waals surface area (Å²) >= 11 is 0. The van der Waals surface area contributed by atoms with Gasteiger partial charge in [-0.15, -0.1) is 0 Å². The summed E-state index contributed by atoms with van der Waals surface area (Å²) in [6, 6.07) is 28.6. The number of nitrogens with zero attached hydrogens (tertiary/aromatic N) is 2. The Bertz CT molecular complexity index is 2480. The molecule has 0 aliphatic heterocycles. The van der Waals surface area contributed by atoms with Crippen molar-refractivity contribution in [2.75, 3.05) is 0 Å². The van der Waals surface area contributed by atoms with E-state index < -0.39 is 23.4 Å². The summed E-state index contributed by atoms with van der Waals surface area (Å²) in [5, 5.41) is 3.38. The van der Waals surface area contributed by atoms with Crippen LogP contribution in [-0.2, 0) is 6.18 Å². The van der Waals surface area contributed by atoms with Crippen LogP contribution < -0.4 is 0 Å². The number of halogens is 5. The predicted molar refractivity (Wildman–Crippen MR) is 184 cm³/mol. The van der Waals surface area contributed by atoms with Gasteiger partial charge in [0, 0.05) is 33.2 Å². The zero-order valence-electron chi connectivity index (χ0n) is 26.6. The van der Waals surface area contributed by atoms with E-state index in [0.29, 0.717) is 22.1 Å². The largest absolute Gasteiger partial charge is 0.418 e. The molecule has 0 spiro atoms. The average molecular weight is 645 g/mol. The fourth-order valence-corrected chi connectivity index (χ4v) is 7.14. The van der Waals surface area contributed by atoms with Crippen LogP contribution in [0.5, 0.6) is 0 Å². The second kappa shape index (κ2) is 10.5. The molecule has 0 saturated heterocycles. The number of aromatic nitrogens is 2. The van der Waals surface area contributed by atoms with Crippen molar-refractivity contribution in [1.29, 1.82) is 0 Å². The lowest BCUT2D eigenvalue weighted by Gasteiger charge is -2.22. The van der Waals surface area contributed by atoms with Gasteiger partial charge in [0.25, 0.3) is 0 Å². The van der Waals surface area contributed by atoms with E-state index >= 15 is 13.2 Å². The second-order valence-corrected chi connectivity index (χ2v) is 12.8. The highest BCUT2D eigenvalue weighted by molar-refractivity contribution is 6.11. The molecule has 0 saturated carbocycles. The number of hydrogen-bond acceptors (Lipinski definition) is 0. The van der Waals surface area contributed by atoms with Crippen LogP contribution in [0, 0.1) is 39.3 Å². The Morgan fingerprint density at radius 3 is 1.19 bits per heavy atom. The van der Waals surface area contributed by atoms with Gasteiger partial charge in [-0.2, -0.15) is 13.2 Å². The molecule has 0 atom stereocenters. The number of benzene rings is 6. The number of rotatable bonds is 3. The molecule has 2 aromatic heterocycles. The molecule has 0 unspecified atom stereocenters. The normalized spacial score (nSPS) is 12.3. The van der Waals surface area contributed by atoms with Crippen LogP contribution in [0.4, 0.5) is 22.0 Å². The van der Waals surface area contributed by atoms with E-state index in [4.69, 9.17) is 0 Å². The SMILES string of the molecule is Cc1ccc2c(c1)c1cc(C)ccc1n2-c1cc(C(F)(F)F)c(-n2c3ccc(C)cc3c3cc(C)ccc32)cc1-c1cc(F)cc(F)c1. The zero-order chi connectivity index (χ0) is 33.6. The Hall–Kier alpha value is -5.43. The number of fused-ring (bicyclic) bond motifs is 6. The van der Waals surface area contributed by atoms with Crippen LogP contribution in [0.1, 0.15) is 27.8 Å². The maximum atomic E-state index is 15.4. The molecule has 0 radical (unpaired) electrons. The van der Waals surface area contributed by atoms with Gasteiger partial charge in [-0.25, -0.2) is 8.78 Å². The minimum absolute atomic E-state index is 0.124. The van der Waals surface area contributed by atoms with Crippen molar-refractivity contribution in [2.24, 2.45) is 0 Å². The first-order valence-corrected chi connectivity index (χ1v) is 15.6. The molecule has 7 heteroatoms. The standard InChI is InChI=1S/C41H29F5N2/c1-22-5-9-35-30(13-22)31-14-23(2)6-10-36(31)47(35)39-21-34(41(44,45)46)40(20-29(39)26-17-27(42)19-28(43)18-26)48-37-11-7-24(3)15-32(37)33-16-25(4)8-12-38(33)48/h5-21H,1-4H3. The lowest BCUT2D eigenvalue weighted by molar-refractivity contribution is -0.137. The molecule has 8 aromatic rings. The van der Waals surface area contributed by atoms with Gasteiger partial charge in [0.2, 0.25) is 0 Å². The molecule has 0 bridgehead atoms. The van der Waals surface area contributed by atoms with Gasteiger partial charge in [-0.3, -0.25) is 0 Å². The van der Waals surface area contributed by atoms with E-state index in [1.165, 1.54) is 18.2 Å². The van der Waals surface area contributed by atoms with Gasteiger partial charge in [0.15, 0.2) is 0 Å². The van der Waals surface area contributed by atoms with Gasteiger partial charge in [-0.1, -0.05) is 46.5 Å². The molecule has 2 nitrogen and oxygen atoms in total. The van der Waals surface area contributed by atoms with E-state index in [9.17, 15) is 8.78 Å². The van der Waals surface area contributed by atoms with Crippen LogP contribution in [0.25, 0.3) is 66.1 Å². The smallest absolute Gasteiger partial charge is 0.309 e. The highest BCUT2D eigenvalue weighted by Crippen LogP contribution is 2.45. The third-order valence-electron chi connectivity index (χ3n) is 9.23. The molecule has 48 heavy (non-hydrogen) atoms. The molecule has 0 fully saturated rings. The fourth-order valence-electron chi connectivity index (χ4n) is 7.14. The summed E-state index contributed by atoms with van der Waals surface area (Å²) in [5.41, 5.74) is 6.05. The highest BCUT2D eigenvalue weighted by atomic mass is 19.4. The highest BCUT2D eigenvalue weighted by Gasteiger charge is 2.37. The molecule has 0 N–H and O–H groups in total. The Kier molecular flexibility index (Phi) is 6.57. The minimum atomic E-state index is -4.78. The fraction of sp³-hybridized carbons (Fsp3) is 0.122. The molecular weight excluding hydrogens is 615 g/mol. The molecule has 238 valence electrons. The van der Waals surface area contributed by atoms with Gasteiger partial charge >= 0.3 is 6.18 Å². The van der Waals surface area contributed by atoms with Crippen molar-refractivity contribution < 1.29 is 22.0 Å². The van der Waals surface area contributed by atoms with E-state index in [0.717, 1.165) is 55.9 Å². The molecule has 2 heterocycles. The van der Waals surface area contributed by atoms with Crippen molar-refractivity contribution in [3.63, 3.8) is 0 Å². The Morgan fingerprint density at radius 1 is 0.438 bits per heavy atom. The van der Waals surface area contributed by atoms with Gasteiger partial charge in [0.05, 0.1) is 39.0 Å². The number of hydrogen-bond donors (Lipinski definition) is 0. The summed E-state index contributed by atoms with van der Waals surface area (Å²) in [7, 11) is 0. The zero-order valence-corrected chi connectivity index (χ0v) is 26.6. The summed E-state index contributed by atoms with van der Waals surface area (Å²) in [5.74, 6) is -1.65. The third kappa shape index (κ3) is 4.67. The molecule has 0 aliphatic rings. The van der Waals surface area contributed by atoms with Crippen molar-refractivity contribution in [2.45, 2.75) is 33.9 Å². The topological polar surface area (TPSA) is 9.86 Å². The average Bonchev–Trinajstić information content (AvgIpc) is 3.50. The quantitative estimate of drug-likeness (QED) is 0.169. The minimum Gasteiger partial charge on any atom is -0.309 e. The van der Waals surface area contributed by atoms with Crippen molar-refractivity contribution in [3.8, 4) is 22.5 Å². The Balaban J connectivity index is 1.58. The first kappa shape index (κ1) is 29.9. The lowest BCUT2D eigenvalue weighted by atomic mass is 9.98. The van der Waals surface area contributed by atoms with Crippen molar-refractivity contribution in [3.05, 3.63) is 143 Å². The number of alkyl halides is 3. The summed E-state index contributed by atoms with van der Waals surface area (Å²) in [6.45, 7) is 7.81. The molecule has 6 aromatic carbocycles. The maximum absolute atomic E-state index is 15.4. The number of aryl methyl sites for hydroxylation is 4. The van der Waals surface area contributed by atoms with Gasteiger partial charge < -0.3 is 9.13 Å². The summed E-state index contributed by atoms with van der Waals surface area (Å²) in [6.07, 6.45) is -4.78. The van der Waals surface area contributed by atoms with E-state index in [-0.39, 0.29) is 22.5 Å². The third-order valence-corrected chi connectivity index (χ3v) is 9.23. The summed E-state index contributed by atoms with van der Waals surface area (Å²) in [4.78, 5) is 0. The molecular formula is C41H29F5N2. The van der Waals surface area contributed by atoms with Crippen LogP contribution in [0.15, 0.2) is 103 Å². The van der Waals surface area contributed by atoms with E-state index in [2.05, 4.69) is 0 Å². The second-order valence-electron chi connectivity index (χ2n) is 12.8. The molecule has 0 amide bonds. The summed E-state index contributed by atoms with van der Waals surface area (Å²) < 4.78 is 79.5. The molecule has 0 aliphatic carbocycles. The van der Waals surface area contributed by atoms with Gasteiger partial charge in [-0.05, 0) is 106 Å². The van der Waals surface area contributed by atoms with Crippen molar-refractivity contribution >= 4 is 43.6 Å². The Morgan fingerprint density at radius 2 is 0.812 bits per heavy atom.